The monoisotopic (exact) mass is 159 g/mol. The van der Waals surface area contributed by atoms with E-state index in [-0.39, 0.29) is 0 Å². The highest BCUT2D eigenvalue weighted by molar-refractivity contribution is 4.59. The maximum Gasteiger partial charge on any atom is 0.0462 e. The zero-order chi connectivity index (χ0) is 8.53. The lowest BCUT2D eigenvalue weighted by Crippen LogP contribution is -2.26. The van der Waals surface area contributed by atoms with Crippen LogP contribution < -0.4 is 5.32 Å². The van der Waals surface area contributed by atoms with Crippen LogP contribution in [0.2, 0.25) is 0 Å². The number of ether oxygens (including phenoxy) is 1. The molecule has 0 aromatic rings. The Morgan fingerprint density at radius 3 is 2.73 bits per heavy atom. The second-order valence-corrected chi connectivity index (χ2v) is 2.99. The minimum Gasteiger partial charge on any atom is -0.385 e. The molecule has 2 nitrogen and oxygen atoms in total. The largest absolute Gasteiger partial charge is 0.385 e. The summed E-state index contributed by atoms with van der Waals surface area (Å²) in [5.41, 5.74) is 0. The maximum atomic E-state index is 4.97. The fourth-order valence-electron chi connectivity index (χ4n) is 1.03. The zero-order valence-electron chi connectivity index (χ0n) is 8.02. The lowest BCUT2D eigenvalue weighted by molar-refractivity contribution is 0.189. The number of methoxy groups -OCH3 is 1. The molecule has 11 heavy (non-hydrogen) atoms. The molecule has 0 radical (unpaired) electrons. The Labute approximate surface area is 70.3 Å². The van der Waals surface area contributed by atoms with Gasteiger partial charge in [0.25, 0.3) is 0 Å². The van der Waals surface area contributed by atoms with Crippen molar-refractivity contribution in [3.63, 3.8) is 0 Å². The average Bonchev–Trinajstić information content (AvgIpc) is 2.01. The summed E-state index contributed by atoms with van der Waals surface area (Å²) in [4.78, 5) is 0. The molecule has 0 aliphatic carbocycles. The molecular formula is C9H21NO. The molecular weight excluding hydrogens is 138 g/mol. The molecule has 0 fully saturated rings. The van der Waals surface area contributed by atoms with E-state index in [0.717, 1.165) is 19.6 Å². The van der Waals surface area contributed by atoms with Crippen molar-refractivity contribution in [2.24, 2.45) is 0 Å². The first-order valence-electron chi connectivity index (χ1n) is 4.53. The van der Waals surface area contributed by atoms with Gasteiger partial charge in [-0.05, 0) is 32.7 Å². The summed E-state index contributed by atoms with van der Waals surface area (Å²) in [5.74, 6) is 0. The molecule has 0 spiro atoms. The third kappa shape index (κ3) is 7.82. The fraction of sp³-hybridized carbons (Fsp3) is 1.00. The molecule has 1 N–H and O–H groups in total. The number of hydrogen-bond acceptors (Lipinski definition) is 2. The van der Waals surface area contributed by atoms with Crippen LogP contribution in [0, 0.1) is 0 Å². The summed E-state index contributed by atoms with van der Waals surface area (Å²) in [6.45, 7) is 6.44. The van der Waals surface area contributed by atoms with Crippen molar-refractivity contribution in [2.45, 2.75) is 39.2 Å². The Morgan fingerprint density at radius 2 is 2.18 bits per heavy atom. The van der Waals surface area contributed by atoms with E-state index in [2.05, 4.69) is 19.2 Å². The molecule has 0 aliphatic heterocycles. The third-order valence-corrected chi connectivity index (χ3v) is 1.73. The highest BCUT2D eigenvalue weighted by Gasteiger charge is 1.98. The van der Waals surface area contributed by atoms with Crippen LogP contribution in [-0.4, -0.2) is 26.3 Å². The number of nitrogens with one attached hydrogen (secondary N) is 1. The molecule has 0 amide bonds. The van der Waals surface area contributed by atoms with Gasteiger partial charge < -0.3 is 10.1 Å². The summed E-state index contributed by atoms with van der Waals surface area (Å²) in [5, 5.41) is 3.44. The third-order valence-electron chi connectivity index (χ3n) is 1.73. The van der Waals surface area contributed by atoms with Crippen LogP contribution in [-0.2, 0) is 4.74 Å². The second kappa shape index (κ2) is 8.02. The topological polar surface area (TPSA) is 21.3 Å². The van der Waals surface area contributed by atoms with Crippen LogP contribution >= 0.6 is 0 Å². The summed E-state index contributed by atoms with van der Waals surface area (Å²) >= 11 is 0. The molecule has 0 heterocycles. The Morgan fingerprint density at radius 1 is 1.45 bits per heavy atom. The molecule has 0 aliphatic rings. The number of hydrogen-bond donors (Lipinski definition) is 1. The van der Waals surface area contributed by atoms with Gasteiger partial charge in [0.05, 0.1) is 0 Å². The standard InChI is InChI=1S/C9H21NO/c1-4-7-10-9(2)6-5-8-11-3/h9-10H,4-8H2,1-3H3. The van der Waals surface area contributed by atoms with Gasteiger partial charge in [-0.15, -0.1) is 0 Å². The molecule has 0 saturated heterocycles. The van der Waals surface area contributed by atoms with E-state index in [4.69, 9.17) is 4.74 Å². The minimum atomic E-state index is 0.644. The summed E-state index contributed by atoms with van der Waals surface area (Å²) in [7, 11) is 1.75. The van der Waals surface area contributed by atoms with Crippen molar-refractivity contribution in [1.29, 1.82) is 0 Å². The number of rotatable bonds is 7. The molecule has 0 aromatic carbocycles. The van der Waals surface area contributed by atoms with Crippen molar-refractivity contribution in [1.82, 2.24) is 5.32 Å². The van der Waals surface area contributed by atoms with Crippen LogP contribution in [0.1, 0.15) is 33.1 Å². The molecule has 0 bridgehead atoms. The van der Waals surface area contributed by atoms with E-state index >= 15 is 0 Å². The summed E-state index contributed by atoms with van der Waals surface area (Å²) < 4.78 is 4.97. The maximum absolute atomic E-state index is 4.97. The molecule has 68 valence electrons. The van der Waals surface area contributed by atoms with Crippen molar-refractivity contribution in [3.8, 4) is 0 Å². The molecule has 1 unspecified atom stereocenters. The average molecular weight is 159 g/mol. The van der Waals surface area contributed by atoms with Gasteiger partial charge in [-0.3, -0.25) is 0 Å². The summed E-state index contributed by atoms with van der Waals surface area (Å²) in [6.07, 6.45) is 3.59. The first-order chi connectivity index (χ1) is 5.31. The Hall–Kier alpha value is -0.0800. The van der Waals surface area contributed by atoms with E-state index < -0.39 is 0 Å². The molecule has 0 saturated carbocycles. The van der Waals surface area contributed by atoms with E-state index in [0.29, 0.717) is 6.04 Å². The van der Waals surface area contributed by atoms with Gasteiger partial charge in [-0.2, -0.15) is 0 Å². The van der Waals surface area contributed by atoms with Gasteiger partial charge in [0.15, 0.2) is 0 Å². The molecule has 0 rings (SSSR count). The van der Waals surface area contributed by atoms with E-state index in [1.807, 2.05) is 0 Å². The van der Waals surface area contributed by atoms with Gasteiger partial charge in [0, 0.05) is 19.8 Å². The fourth-order valence-corrected chi connectivity index (χ4v) is 1.03. The second-order valence-electron chi connectivity index (χ2n) is 2.99. The zero-order valence-corrected chi connectivity index (χ0v) is 8.02. The SMILES string of the molecule is CCCNC(C)CCCOC. The Kier molecular flexibility index (Phi) is 7.96. The quantitative estimate of drug-likeness (QED) is 0.572. The van der Waals surface area contributed by atoms with Gasteiger partial charge in [-0.1, -0.05) is 6.92 Å². The normalized spacial score (nSPS) is 13.4. The first-order valence-corrected chi connectivity index (χ1v) is 4.53. The van der Waals surface area contributed by atoms with E-state index in [9.17, 15) is 0 Å². The van der Waals surface area contributed by atoms with Crippen LogP contribution in [0.25, 0.3) is 0 Å². The predicted octanol–water partition coefficient (Wildman–Crippen LogP) is 1.80. The minimum absolute atomic E-state index is 0.644. The van der Waals surface area contributed by atoms with Gasteiger partial charge in [0.2, 0.25) is 0 Å². The van der Waals surface area contributed by atoms with E-state index in [1.165, 1.54) is 12.8 Å². The van der Waals surface area contributed by atoms with Gasteiger partial charge >= 0.3 is 0 Å². The van der Waals surface area contributed by atoms with Crippen molar-refractivity contribution in [3.05, 3.63) is 0 Å². The van der Waals surface area contributed by atoms with Crippen molar-refractivity contribution >= 4 is 0 Å². The van der Waals surface area contributed by atoms with Gasteiger partial charge in [0.1, 0.15) is 0 Å². The highest BCUT2D eigenvalue weighted by atomic mass is 16.5. The molecule has 2 heteroatoms. The van der Waals surface area contributed by atoms with Crippen LogP contribution in [0.3, 0.4) is 0 Å². The van der Waals surface area contributed by atoms with Crippen LogP contribution in [0.15, 0.2) is 0 Å². The Bertz CT molecular complexity index is 76.0. The summed E-state index contributed by atoms with van der Waals surface area (Å²) in [6, 6.07) is 0.644. The highest BCUT2D eigenvalue weighted by Crippen LogP contribution is 1.95. The molecule has 1 atom stereocenters. The lowest BCUT2D eigenvalue weighted by atomic mass is 10.2. The predicted molar refractivity (Wildman–Crippen MR) is 48.9 cm³/mol. The van der Waals surface area contributed by atoms with Gasteiger partial charge in [-0.25, -0.2) is 0 Å². The lowest BCUT2D eigenvalue weighted by Gasteiger charge is -2.11. The van der Waals surface area contributed by atoms with Crippen LogP contribution in [0.5, 0.6) is 0 Å². The van der Waals surface area contributed by atoms with Crippen molar-refractivity contribution in [2.75, 3.05) is 20.3 Å². The first kappa shape index (κ1) is 10.9. The van der Waals surface area contributed by atoms with Crippen LogP contribution in [0.4, 0.5) is 0 Å². The Balaban J connectivity index is 3.02. The van der Waals surface area contributed by atoms with E-state index in [1.54, 1.807) is 7.11 Å². The smallest absolute Gasteiger partial charge is 0.0462 e. The molecule has 0 aromatic heterocycles. The van der Waals surface area contributed by atoms with Crippen molar-refractivity contribution < 1.29 is 4.74 Å².